The minimum absolute atomic E-state index is 0.181. The number of carbonyl (C=O) groups is 3. The van der Waals surface area contributed by atoms with E-state index in [1.54, 1.807) is 36.4 Å². The van der Waals surface area contributed by atoms with E-state index in [9.17, 15) is 14.4 Å². The number of ether oxygens (including phenoxy) is 3. The average Bonchev–Trinajstić information content (AvgIpc) is 2.78. The fourth-order valence-corrected chi connectivity index (χ4v) is 3.76. The molecule has 1 heterocycles. The fraction of sp³-hybridized carbons (Fsp3) is 0.292. The third-order valence-electron chi connectivity index (χ3n) is 4.60. The molecule has 0 spiro atoms. The van der Waals surface area contributed by atoms with Crippen molar-refractivity contribution in [3.8, 4) is 17.2 Å². The number of hydrogen-bond donors (Lipinski definition) is 1. The van der Waals surface area contributed by atoms with Crippen LogP contribution in [0.3, 0.4) is 0 Å². The summed E-state index contributed by atoms with van der Waals surface area (Å²) in [4.78, 5) is 39.0. The summed E-state index contributed by atoms with van der Waals surface area (Å²) in [5.74, 6) is 0.129. The Labute approximate surface area is 200 Å². The Bertz CT molecular complexity index is 1080. The van der Waals surface area contributed by atoms with Crippen molar-refractivity contribution in [2.45, 2.75) is 27.2 Å². The van der Waals surface area contributed by atoms with Crippen LogP contribution in [0.25, 0.3) is 6.08 Å². The molecule has 4 amide bonds. The standard InChI is InChI=1S/C24H25BrN2O6/c1-4-11-33-17-9-7-16(8-10-17)27-23(29)18(22(28)26-24(27)30)12-15-13-19(25)21(32-6-3)20(14-15)31-5-2/h7-10,12-14H,4-6,11H2,1-3H3,(H,26,28,30)/b18-12-. The van der Waals surface area contributed by atoms with Crippen LogP contribution in [0.15, 0.2) is 46.4 Å². The number of barbiturate groups is 1. The van der Waals surface area contributed by atoms with Gasteiger partial charge in [-0.1, -0.05) is 6.92 Å². The molecule has 1 N–H and O–H groups in total. The summed E-state index contributed by atoms with van der Waals surface area (Å²) in [6, 6.07) is 9.10. The molecule has 174 valence electrons. The van der Waals surface area contributed by atoms with Gasteiger partial charge >= 0.3 is 6.03 Å². The van der Waals surface area contributed by atoms with E-state index >= 15 is 0 Å². The van der Waals surface area contributed by atoms with Gasteiger partial charge in [0, 0.05) is 0 Å². The Balaban J connectivity index is 1.95. The molecule has 33 heavy (non-hydrogen) atoms. The summed E-state index contributed by atoms with van der Waals surface area (Å²) in [6.07, 6.45) is 2.27. The van der Waals surface area contributed by atoms with Gasteiger partial charge in [0.1, 0.15) is 11.3 Å². The second-order valence-corrected chi connectivity index (χ2v) is 7.85. The Morgan fingerprint density at radius 3 is 2.30 bits per heavy atom. The van der Waals surface area contributed by atoms with Gasteiger partial charge in [-0.2, -0.15) is 0 Å². The quantitative estimate of drug-likeness (QED) is 0.383. The molecule has 9 heteroatoms. The van der Waals surface area contributed by atoms with E-state index in [2.05, 4.69) is 21.2 Å². The van der Waals surface area contributed by atoms with Crippen molar-refractivity contribution >= 4 is 45.5 Å². The third-order valence-corrected chi connectivity index (χ3v) is 5.19. The number of hydrogen-bond acceptors (Lipinski definition) is 6. The molecule has 1 aliphatic rings. The van der Waals surface area contributed by atoms with E-state index in [0.717, 1.165) is 11.3 Å². The summed E-state index contributed by atoms with van der Waals surface area (Å²) in [5, 5.41) is 2.22. The molecule has 3 rings (SSSR count). The van der Waals surface area contributed by atoms with Crippen molar-refractivity contribution in [2.75, 3.05) is 24.7 Å². The molecule has 2 aromatic carbocycles. The van der Waals surface area contributed by atoms with Gasteiger partial charge in [-0.05, 0) is 84.2 Å². The van der Waals surface area contributed by atoms with Gasteiger partial charge in [-0.3, -0.25) is 14.9 Å². The molecule has 0 radical (unpaired) electrons. The van der Waals surface area contributed by atoms with Crippen LogP contribution in [0.5, 0.6) is 17.2 Å². The van der Waals surface area contributed by atoms with Crippen molar-refractivity contribution in [3.05, 3.63) is 52.0 Å². The molecule has 1 fully saturated rings. The Hall–Kier alpha value is -3.33. The van der Waals surface area contributed by atoms with E-state index in [1.165, 1.54) is 6.08 Å². The van der Waals surface area contributed by atoms with Gasteiger partial charge < -0.3 is 14.2 Å². The number of amides is 4. The highest BCUT2D eigenvalue weighted by atomic mass is 79.9. The molecule has 0 unspecified atom stereocenters. The highest BCUT2D eigenvalue weighted by Gasteiger charge is 2.36. The van der Waals surface area contributed by atoms with Crippen molar-refractivity contribution in [2.24, 2.45) is 0 Å². The van der Waals surface area contributed by atoms with E-state index in [1.807, 2.05) is 20.8 Å². The molecule has 8 nitrogen and oxygen atoms in total. The Morgan fingerprint density at radius 2 is 1.67 bits per heavy atom. The van der Waals surface area contributed by atoms with Crippen LogP contribution in [0.2, 0.25) is 0 Å². The van der Waals surface area contributed by atoms with E-state index in [4.69, 9.17) is 14.2 Å². The minimum Gasteiger partial charge on any atom is -0.494 e. The lowest BCUT2D eigenvalue weighted by atomic mass is 10.1. The monoisotopic (exact) mass is 516 g/mol. The first-order chi connectivity index (χ1) is 15.9. The van der Waals surface area contributed by atoms with Crippen molar-refractivity contribution < 1.29 is 28.6 Å². The number of imide groups is 2. The van der Waals surface area contributed by atoms with E-state index in [-0.39, 0.29) is 5.57 Å². The molecule has 0 aromatic heterocycles. The zero-order valence-electron chi connectivity index (χ0n) is 18.6. The predicted molar refractivity (Wildman–Crippen MR) is 128 cm³/mol. The van der Waals surface area contributed by atoms with Gasteiger partial charge in [0.05, 0.1) is 30.0 Å². The van der Waals surface area contributed by atoms with Crippen molar-refractivity contribution in [3.63, 3.8) is 0 Å². The van der Waals surface area contributed by atoms with Crippen LogP contribution in [-0.2, 0) is 9.59 Å². The molecule has 1 saturated heterocycles. The third kappa shape index (κ3) is 5.54. The summed E-state index contributed by atoms with van der Waals surface area (Å²) in [6.45, 7) is 7.11. The van der Waals surface area contributed by atoms with E-state index in [0.29, 0.717) is 52.8 Å². The number of carbonyl (C=O) groups excluding carboxylic acids is 3. The molecule has 0 saturated carbocycles. The molecule has 0 atom stereocenters. The maximum Gasteiger partial charge on any atom is 0.335 e. The SMILES string of the molecule is CCCOc1ccc(N2C(=O)NC(=O)/C(=C/c3cc(Br)c(OCC)c(OCC)c3)C2=O)cc1. The molecular formula is C24H25BrN2O6. The topological polar surface area (TPSA) is 94.2 Å². The molecule has 1 aliphatic heterocycles. The molecular weight excluding hydrogens is 492 g/mol. The van der Waals surface area contributed by atoms with Crippen LogP contribution in [-0.4, -0.2) is 37.7 Å². The maximum atomic E-state index is 13.2. The van der Waals surface area contributed by atoms with Gasteiger partial charge in [-0.25, -0.2) is 9.69 Å². The Kier molecular flexibility index (Phi) is 8.11. The fourth-order valence-electron chi connectivity index (χ4n) is 3.19. The number of anilines is 1. The lowest BCUT2D eigenvalue weighted by molar-refractivity contribution is -0.122. The van der Waals surface area contributed by atoms with Gasteiger partial charge in [0.15, 0.2) is 11.5 Å². The maximum absolute atomic E-state index is 13.2. The average molecular weight is 517 g/mol. The van der Waals surface area contributed by atoms with Crippen molar-refractivity contribution in [1.82, 2.24) is 5.32 Å². The molecule has 0 aliphatic carbocycles. The number of urea groups is 1. The second kappa shape index (κ2) is 11.0. The molecule has 2 aromatic rings. The van der Waals surface area contributed by atoms with E-state index < -0.39 is 17.8 Å². The van der Waals surface area contributed by atoms with Crippen LogP contribution < -0.4 is 24.4 Å². The highest BCUT2D eigenvalue weighted by molar-refractivity contribution is 9.10. The largest absolute Gasteiger partial charge is 0.494 e. The van der Waals surface area contributed by atoms with Crippen molar-refractivity contribution in [1.29, 1.82) is 0 Å². The van der Waals surface area contributed by atoms with Gasteiger partial charge in [0.25, 0.3) is 11.8 Å². The number of benzene rings is 2. The summed E-state index contributed by atoms with van der Waals surface area (Å²) in [7, 11) is 0. The second-order valence-electron chi connectivity index (χ2n) is 7.00. The summed E-state index contributed by atoms with van der Waals surface area (Å²) < 4.78 is 17.4. The first kappa shape index (κ1) is 24.3. The lowest BCUT2D eigenvalue weighted by Gasteiger charge is -2.26. The van der Waals surface area contributed by atoms with Crippen LogP contribution in [0.1, 0.15) is 32.8 Å². The first-order valence-electron chi connectivity index (χ1n) is 10.6. The lowest BCUT2D eigenvalue weighted by Crippen LogP contribution is -2.54. The van der Waals surface area contributed by atoms with Gasteiger partial charge in [-0.15, -0.1) is 0 Å². The molecule has 0 bridgehead atoms. The van der Waals surface area contributed by atoms with Crippen LogP contribution in [0.4, 0.5) is 10.5 Å². The Morgan fingerprint density at radius 1 is 0.970 bits per heavy atom. The number of halogens is 1. The number of nitrogens with zero attached hydrogens (tertiary/aromatic N) is 1. The summed E-state index contributed by atoms with van der Waals surface area (Å²) in [5.41, 5.74) is 0.673. The predicted octanol–water partition coefficient (Wildman–Crippen LogP) is 4.70. The smallest absolute Gasteiger partial charge is 0.335 e. The van der Waals surface area contributed by atoms with Crippen LogP contribution >= 0.6 is 15.9 Å². The zero-order chi connectivity index (χ0) is 24.0. The highest BCUT2D eigenvalue weighted by Crippen LogP contribution is 2.38. The zero-order valence-corrected chi connectivity index (χ0v) is 20.2. The van der Waals surface area contributed by atoms with Crippen LogP contribution in [0, 0.1) is 0 Å². The van der Waals surface area contributed by atoms with Gasteiger partial charge in [0.2, 0.25) is 0 Å². The summed E-state index contributed by atoms with van der Waals surface area (Å²) >= 11 is 3.45. The normalized spacial score (nSPS) is 15.0. The minimum atomic E-state index is -0.813. The number of nitrogens with one attached hydrogen (secondary N) is 1. The number of rotatable bonds is 9. The first-order valence-corrected chi connectivity index (χ1v) is 11.4.